The zero-order valence-electron chi connectivity index (χ0n) is 17.8. The largest absolute Gasteiger partial charge is 0.256 e. The van der Waals surface area contributed by atoms with Crippen molar-refractivity contribution in [1.82, 2.24) is 4.98 Å². The van der Waals surface area contributed by atoms with Crippen molar-refractivity contribution >= 4 is 43.1 Å². The van der Waals surface area contributed by atoms with Crippen LogP contribution >= 0.6 is 0 Å². The van der Waals surface area contributed by atoms with Crippen LogP contribution in [0.4, 0.5) is 0 Å². The maximum Gasteiger partial charge on any atom is 0.0786 e. The van der Waals surface area contributed by atoms with Gasteiger partial charge < -0.3 is 0 Å². The van der Waals surface area contributed by atoms with Crippen LogP contribution in [0.5, 0.6) is 0 Å². The van der Waals surface area contributed by atoms with E-state index < -0.39 is 0 Å². The molecule has 0 radical (unpaired) electrons. The molecule has 0 unspecified atom stereocenters. The van der Waals surface area contributed by atoms with Gasteiger partial charge in [0.05, 0.1) is 5.69 Å². The van der Waals surface area contributed by atoms with E-state index >= 15 is 0 Å². The number of benzene rings is 5. The van der Waals surface area contributed by atoms with Crippen LogP contribution in [-0.4, -0.2) is 4.98 Å². The van der Waals surface area contributed by atoms with Gasteiger partial charge in [-0.05, 0) is 61.3 Å². The Labute approximate surface area is 182 Å². The van der Waals surface area contributed by atoms with Gasteiger partial charge in [-0.1, -0.05) is 92.7 Å². The molecule has 5 aromatic carbocycles. The molecule has 1 aromatic heterocycles. The molecule has 0 aliphatic heterocycles. The Kier molecular flexibility index (Phi) is 4.04. The van der Waals surface area contributed by atoms with Gasteiger partial charge in [0.15, 0.2) is 0 Å². The molecule has 0 saturated carbocycles. The third-order valence-electron chi connectivity index (χ3n) is 6.48. The minimum atomic E-state index is 0.492. The number of rotatable bonds is 2. The lowest BCUT2D eigenvalue weighted by atomic mass is 9.90. The Morgan fingerprint density at radius 2 is 1.19 bits per heavy atom. The molecule has 1 nitrogen and oxygen atoms in total. The van der Waals surface area contributed by atoms with Crippen LogP contribution in [0.2, 0.25) is 0 Å². The summed E-state index contributed by atoms with van der Waals surface area (Å²) in [5, 5.41) is 10.2. The number of hydrogen-bond acceptors (Lipinski definition) is 1. The second-order valence-corrected chi connectivity index (χ2v) is 8.61. The van der Waals surface area contributed by atoms with Gasteiger partial charge >= 0.3 is 0 Å². The first-order valence-electron chi connectivity index (χ1n) is 10.9. The Balaban J connectivity index is 1.73. The summed E-state index contributed by atoms with van der Waals surface area (Å²) in [6.07, 6.45) is 1.96. The maximum absolute atomic E-state index is 4.90. The molecule has 1 heterocycles. The van der Waals surface area contributed by atoms with E-state index in [9.17, 15) is 0 Å². The van der Waals surface area contributed by atoms with Gasteiger partial charge in [-0.25, -0.2) is 0 Å². The topological polar surface area (TPSA) is 12.9 Å². The predicted molar refractivity (Wildman–Crippen MR) is 134 cm³/mol. The summed E-state index contributed by atoms with van der Waals surface area (Å²) in [7, 11) is 0. The van der Waals surface area contributed by atoms with Crippen molar-refractivity contribution in [3.63, 3.8) is 0 Å². The molecule has 0 amide bonds. The van der Waals surface area contributed by atoms with Crippen LogP contribution in [0.1, 0.15) is 25.3 Å². The normalized spacial score (nSPS) is 11.8. The van der Waals surface area contributed by atoms with Gasteiger partial charge in [0, 0.05) is 17.1 Å². The Morgan fingerprint density at radius 3 is 2.03 bits per heavy atom. The summed E-state index contributed by atoms with van der Waals surface area (Å²) in [4.78, 5) is 4.90. The first-order valence-corrected chi connectivity index (χ1v) is 10.9. The molecule has 0 N–H and O–H groups in total. The standard InChI is InChI=1S/C30H23N/c1-19(2)21-12-7-13-24-26(21)14-15-28-27(24)16-17-31-30(28)29-18-20-8-3-4-9-22(20)23-10-5-6-11-25(23)29/h3-19H,1-2H3. The van der Waals surface area contributed by atoms with Gasteiger partial charge in [-0.2, -0.15) is 0 Å². The zero-order valence-corrected chi connectivity index (χ0v) is 17.8. The summed E-state index contributed by atoms with van der Waals surface area (Å²) < 4.78 is 0. The zero-order chi connectivity index (χ0) is 20.9. The number of hydrogen-bond donors (Lipinski definition) is 0. The smallest absolute Gasteiger partial charge is 0.0786 e. The highest BCUT2D eigenvalue weighted by Gasteiger charge is 2.14. The molecular weight excluding hydrogens is 374 g/mol. The molecule has 148 valence electrons. The average Bonchev–Trinajstić information content (AvgIpc) is 2.82. The van der Waals surface area contributed by atoms with E-state index in [1.165, 1.54) is 54.2 Å². The van der Waals surface area contributed by atoms with Crippen molar-refractivity contribution in [2.24, 2.45) is 0 Å². The van der Waals surface area contributed by atoms with Crippen LogP contribution in [-0.2, 0) is 0 Å². The predicted octanol–water partition coefficient (Wildman–Crippen LogP) is 8.48. The van der Waals surface area contributed by atoms with Crippen molar-refractivity contribution in [2.75, 3.05) is 0 Å². The fourth-order valence-corrected chi connectivity index (χ4v) is 5.02. The summed E-state index contributed by atoms with van der Waals surface area (Å²) in [5.41, 5.74) is 3.64. The lowest BCUT2D eigenvalue weighted by Gasteiger charge is -2.15. The highest BCUT2D eigenvalue weighted by molar-refractivity contribution is 6.18. The van der Waals surface area contributed by atoms with Crippen LogP contribution in [0.15, 0.2) is 97.2 Å². The third kappa shape index (κ3) is 2.74. The van der Waals surface area contributed by atoms with E-state index in [4.69, 9.17) is 4.98 Å². The second-order valence-electron chi connectivity index (χ2n) is 8.61. The van der Waals surface area contributed by atoms with Crippen LogP contribution in [0.3, 0.4) is 0 Å². The van der Waals surface area contributed by atoms with E-state index in [-0.39, 0.29) is 0 Å². The van der Waals surface area contributed by atoms with Crippen molar-refractivity contribution in [3.8, 4) is 11.3 Å². The van der Waals surface area contributed by atoms with E-state index in [0.29, 0.717) is 5.92 Å². The van der Waals surface area contributed by atoms with Gasteiger partial charge in [-0.15, -0.1) is 0 Å². The van der Waals surface area contributed by atoms with Gasteiger partial charge in [0.1, 0.15) is 0 Å². The van der Waals surface area contributed by atoms with Crippen molar-refractivity contribution in [2.45, 2.75) is 19.8 Å². The molecule has 6 aromatic rings. The number of nitrogens with zero attached hydrogens (tertiary/aromatic N) is 1. The molecule has 31 heavy (non-hydrogen) atoms. The third-order valence-corrected chi connectivity index (χ3v) is 6.48. The summed E-state index contributed by atoms with van der Waals surface area (Å²) in [5.74, 6) is 0.492. The molecule has 6 rings (SSSR count). The monoisotopic (exact) mass is 397 g/mol. The summed E-state index contributed by atoms with van der Waals surface area (Å²) >= 11 is 0. The van der Waals surface area contributed by atoms with Crippen molar-refractivity contribution in [1.29, 1.82) is 0 Å². The minimum absolute atomic E-state index is 0.492. The van der Waals surface area contributed by atoms with Gasteiger partial charge in [0.25, 0.3) is 0 Å². The summed E-state index contributed by atoms with van der Waals surface area (Å²) in [6.45, 7) is 4.52. The first-order chi connectivity index (χ1) is 15.2. The average molecular weight is 398 g/mol. The van der Waals surface area contributed by atoms with Crippen molar-refractivity contribution < 1.29 is 0 Å². The molecule has 0 spiro atoms. The van der Waals surface area contributed by atoms with Crippen LogP contribution in [0.25, 0.3) is 54.3 Å². The minimum Gasteiger partial charge on any atom is -0.256 e. The van der Waals surface area contributed by atoms with E-state index in [1.54, 1.807) is 0 Å². The molecule has 0 aliphatic carbocycles. The molecule has 0 bridgehead atoms. The highest BCUT2D eigenvalue weighted by Crippen LogP contribution is 2.39. The van der Waals surface area contributed by atoms with E-state index in [0.717, 1.165) is 5.69 Å². The van der Waals surface area contributed by atoms with Crippen molar-refractivity contribution in [3.05, 3.63) is 103 Å². The number of aromatic nitrogens is 1. The fraction of sp³-hybridized carbons (Fsp3) is 0.100. The maximum atomic E-state index is 4.90. The molecule has 0 saturated heterocycles. The SMILES string of the molecule is CC(C)c1cccc2c1ccc1c(-c3cc4ccccc4c4ccccc34)nccc12. The van der Waals surface area contributed by atoms with Gasteiger partial charge in [-0.3, -0.25) is 4.98 Å². The fourth-order valence-electron chi connectivity index (χ4n) is 5.02. The van der Waals surface area contributed by atoms with Crippen LogP contribution in [0, 0.1) is 0 Å². The lowest BCUT2D eigenvalue weighted by Crippen LogP contribution is -1.92. The first kappa shape index (κ1) is 18.1. The van der Waals surface area contributed by atoms with Gasteiger partial charge in [0.2, 0.25) is 0 Å². The molecule has 1 heteroatoms. The van der Waals surface area contributed by atoms with E-state index in [1.807, 2.05) is 6.20 Å². The van der Waals surface area contributed by atoms with E-state index in [2.05, 4.69) is 105 Å². The Morgan fingerprint density at radius 1 is 0.548 bits per heavy atom. The second kappa shape index (κ2) is 6.92. The highest BCUT2D eigenvalue weighted by atomic mass is 14.7. The quantitative estimate of drug-likeness (QED) is 0.267. The Hall–Kier alpha value is -3.71. The molecule has 0 fully saturated rings. The van der Waals surface area contributed by atoms with Crippen LogP contribution < -0.4 is 0 Å². The molecule has 0 atom stereocenters. The molecular formula is C30H23N. The Bertz CT molecular complexity index is 1610. The lowest BCUT2D eigenvalue weighted by molar-refractivity contribution is 0.876. The molecule has 0 aliphatic rings. The number of fused-ring (bicyclic) bond motifs is 6. The summed E-state index contributed by atoms with van der Waals surface area (Å²) in [6, 6.07) is 33.0. The number of pyridine rings is 1.